The first-order valence-corrected chi connectivity index (χ1v) is 3.40. The van der Waals surface area contributed by atoms with E-state index in [0.717, 1.165) is 5.70 Å². The molecule has 0 spiro atoms. The topological polar surface area (TPSA) is 53.8 Å². The molecular formula is C7H13N3O. The Morgan fingerprint density at radius 1 is 1.64 bits per heavy atom. The van der Waals surface area contributed by atoms with E-state index >= 15 is 0 Å². The van der Waals surface area contributed by atoms with Gasteiger partial charge in [-0.3, -0.25) is 4.79 Å². The lowest BCUT2D eigenvalue weighted by molar-refractivity contribution is -0.118. The van der Waals surface area contributed by atoms with Crippen molar-refractivity contribution in [3.05, 3.63) is 11.8 Å². The summed E-state index contributed by atoms with van der Waals surface area (Å²) in [5.41, 5.74) is 0.766. The zero-order valence-electron chi connectivity index (χ0n) is 7.09. The smallest absolute Gasteiger partial charge is 0.217 e. The average Bonchev–Trinajstić information content (AvgIpc) is 1.97. The Kier molecular flexibility index (Phi) is 4.98. The van der Waals surface area contributed by atoms with Gasteiger partial charge in [0.25, 0.3) is 0 Å². The van der Waals surface area contributed by atoms with Gasteiger partial charge in [-0.2, -0.15) is 10.2 Å². The largest absolute Gasteiger partial charge is 0.351 e. The summed E-state index contributed by atoms with van der Waals surface area (Å²) in [6, 6.07) is 0. The van der Waals surface area contributed by atoms with Gasteiger partial charge >= 0.3 is 0 Å². The fraction of sp³-hybridized carbons (Fsp3) is 0.571. The molecule has 0 rings (SSSR count). The summed E-state index contributed by atoms with van der Waals surface area (Å²) in [6.07, 6.45) is 1.81. The van der Waals surface area contributed by atoms with Gasteiger partial charge in [0.05, 0.1) is 12.2 Å². The van der Waals surface area contributed by atoms with Crippen LogP contribution in [0.15, 0.2) is 22.0 Å². The van der Waals surface area contributed by atoms with Gasteiger partial charge < -0.3 is 5.32 Å². The first kappa shape index (κ1) is 9.81. The molecule has 1 N–H and O–H groups in total. The maximum atomic E-state index is 10.5. The van der Waals surface area contributed by atoms with E-state index in [0.29, 0.717) is 6.54 Å². The summed E-state index contributed by atoms with van der Waals surface area (Å²) >= 11 is 0. The number of nitrogens with zero attached hydrogens (tertiary/aromatic N) is 2. The third-order valence-electron chi connectivity index (χ3n) is 1.08. The van der Waals surface area contributed by atoms with E-state index in [1.807, 2.05) is 13.0 Å². The molecule has 0 aliphatic rings. The van der Waals surface area contributed by atoms with Crippen molar-refractivity contribution in [2.24, 2.45) is 10.2 Å². The van der Waals surface area contributed by atoms with Crippen molar-refractivity contribution in [2.45, 2.75) is 13.8 Å². The molecule has 0 unspecified atom stereocenters. The molecule has 4 nitrogen and oxygen atoms in total. The second kappa shape index (κ2) is 5.58. The Labute approximate surface area is 66.4 Å². The molecule has 0 aliphatic heterocycles. The Hall–Kier alpha value is -1.19. The van der Waals surface area contributed by atoms with E-state index in [1.54, 1.807) is 7.05 Å². The minimum absolute atomic E-state index is 0.0596. The molecule has 0 fully saturated rings. The van der Waals surface area contributed by atoms with Gasteiger partial charge in [-0.1, -0.05) is 6.08 Å². The minimum atomic E-state index is -0.0596. The predicted octanol–water partition coefficient (Wildman–Crippen LogP) is 1.11. The number of carbonyl (C=O) groups excluding carboxylic acids is 1. The zero-order valence-corrected chi connectivity index (χ0v) is 7.09. The molecule has 0 aromatic rings. The van der Waals surface area contributed by atoms with E-state index in [4.69, 9.17) is 0 Å². The lowest BCUT2D eigenvalue weighted by Crippen LogP contribution is -2.21. The number of azo groups is 1. The van der Waals surface area contributed by atoms with Crippen LogP contribution in [-0.4, -0.2) is 19.5 Å². The summed E-state index contributed by atoms with van der Waals surface area (Å²) in [4.78, 5) is 10.5. The van der Waals surface area contributed by atoms with Crippen LogP contribution in [0, 0.1) is 0 Å². The van der Waals surface area contributed by atoms with Gasteiger partial charge in [0.1, 0.15) is 0 Å². The molecular weight excluding hydrogens is 142 g/mol. The van der Waals surface area contributed by atoms with E-state index in [1.165, 1.54) is 6.92 Å². The molecule has 0 bridgehead atoms. The highest BCUT2D eigenvalue weighted by atomic mass is 16.1. The molecule has 0 aromatic carbocycles. The van der Waals surface area contributed by atoms with Gasteiger partial charge in [-0.15, -0.1) is 0 Å². The summed E-state index contributed by atoms with van der Waals surface area (Å²) in [5, 5.41) is 10.00. The van der Waals surface area contributed by atoms with Crippen molar-refractivity contribution < 1.29 is 4.79 Å². The molecule has 0 saturated carbocycles. The van der Waals surface area contributed by atoms with Crippen molar-refractivity contribution >= 4 is 5.91 Å². The van der Waals surface area contributed by atoms with Crippen LogP contribution >= 0.6 is 0 Å². The highest BCUT2D eigenvalue weighted by Gasteiger charge is 1.93. The number of rotatable bonds is 3. The van der Waals surface area contributed by atoms with Crippen LogP contribution in [0.1, 0.15) is 13.8 Å². The monoisotopic (exact) mass is 155 g/mol. The van der Waals surface area contributed by atoms with Crippen molar-refractivity contribution in [2.75, 3.05) is 13.6 Å². The van der Waals surface area contributed by atoms with E-state index in [9.17, 15) is 4.79 Å². The predicted molar refractivity (Wildman–Crippen MR) is 43.2 cm³/mol. The maximum absolute atomic E-state index is 10.5. The van der Waals surface area contributed by atoms with Crippen molar-refractivity contribution in [1.82, 2.24) is 5.32 Å². The molecule has 11 heavy (non-hydrogen) atoms. The highest BCUT2D eigenvalue weighted by molar-refractivity contribution is 5.73. The highest BCUT2D eigenvalue weighted by Crippen LogP contribution is 1.93. The number of hydrogen-bond acceptors (Lipinski definition) is 3. The minimum Gasteiger partial charge on any atom is -0.351 e. The van der Waals surface area contributed by atoms with Crippen LogP contribution < -0.4 is 5.32 Å². The first-order valence-electron chi connectivity index (χ1n) is 3.40. The van der Waals surface area contributed by atoms with Crippen LogP contribution in [0.4, 0.5) is 0 Å². The van der Waals surface area contributed by atoms with Crippen LogP contribution in [0.5, 0.6) is 0 Å². The van der Waals surface area contributed by atoms with Gasteiger partial charge in [-0.05, 0) is 6.92 Å². The second-order valence-electron chi connectivity index (χ2n) is 1.99. The van der Waals surface area contributed by atoms with Gasteiger partial charge in [0.15, 0.2) is 0 Å². The van der Waals surface area contributed by atoms with Crippen molar-refractivity contribution in [1.29, 1.82) is 0 Å². The molecule has 62 valence electrons. The van der Waals surface area contributed by atoms with Crippen LogP contribution in [-0.2, 0) is 4.79 Å². The average molecular weight is 155 g/mol. The molecule has 0 aliphatic carbocycles. The van der Waals surface area contributed by atoms with E-state index in [2.05, 4.69) is 15.5 Å². The molecule has 4 heteroatoms. The third-order valence-corrected chi connectivity index (χ3v) is 1.08. The van der Waals surface area contributed by atoms with Crippen LogP contribution in [0.3, 0.4) is 0 Å². The number of amides is 1. The zero-order chi connectivity index (χ0) is 8.69. The molecule has 0 radical (unpaired) electrons. The van der Waals surface area contributed by atoms with Gasteiger partial charge in [0.2, 0.25) is 5.91 Å². The Morgan fingerprint density at radius 2 is 2.27 bits per heavy atom. The lowest BCUT2D eigenvalue weighted by atomic mass is 10.4. The number of nitrogens with one attached hydrogen (secondary N) is 1. The third kappa shape index (κ3) is 5.26. The molecule has 0 saturated heterocycles. The van der Waals surface area contributed by atoms with Gasteiger partial charge in [-0.25, -0.2) is 0 Å². The molecule has 1 amide bonds. The molecule has 0 atom stereocenters. The Balaban J connectivity index is 3.81. The second-order valence-corrected chi connectivity index (χ2v) is 1.99. The molecule has 0 heterocycles. The molecule has 0 aromatic heterocycles. The quantitative estimate of drug-likeness (QED) is 0.610. The Bertz CT molecular complexity index is 184. The fourth-order valence-electron chi connectivity index (χ4n) is 0.539. The van der Waals surface area contributed by atoms with Crippen LogP contribution in [0.2, 0.25) is 0 Å². The summed E-state index contributed by atoms with van der Waals surface area (Å²) < 4.78 is 0. The van der Waals surface area contributed by atoms with Gasteiger partial charge in [0, 0.05) is 14.0 Å². The summed E-state index contributed by atoms with van der Waals surface area (Å²) in [7, 11) is 1.59. The number of carbonyl (C=O) groups is 1. The summed E-state index contributed by atoms with van der Waals surface area (Å²) in [6.45, 7) is 3.77. The maximum Gasteiger partial charge on any atom is 0.217 e. The van der Waals surface area contributed by atoms with E-state index < -0.39 is 0 Å². The van der Waals surface area contributed by atoms with Crippen LogP contribution in [0.25, 0.3) is 0 Å². The number of allylic oxidation sites excluding steroid dienone is 1. The normalized spacial score (nSPS) is 12.1. The first-order chi connectivity index (χ1) is 5.20. The number of hydrogen-bond donors (Lipinski definition) is 1. The SMILES string of the molecule is C/C=C(/CNC(C)=O)N=NC. The summed E-state index contributed by atoms with van der Waals surface area (Å²) in [5.74, 6) is -0.0596. The van der Waals surface area contributed by atoms with Crippen molar-refractivity contribution in [3.63, 3.8) is 0 Å². The standard InChI is InChI=1S/C7H13N3O/c1-4-7(10-8-3)5-9-6(2)11/h4H,5H2,1-3H3,(H,9,11)/b7-4-,10-8?. The van der Waals surface area contributed by atoms with Crippen molar-refractivity contribution in [3.8, 4) is 0 Å². The Morgan fingerprint density at radius 3 is 2.64 bits per heavy atom. The fourth-order valence-corrected chi connectivity index (χ4v) is 0.539. The lowest BCUT2D eigenvalue weighted by Gasteiger charge is -1.99. The van der Waals surface area contributed by atoms with E-state index in [-0.39, 0.29) is 5.91 Å².